The Morgan fingerprint density at radius 2 is 1.45 bits per heavy atom. The Kier molecular flexibility index (Phi) is 8.23. The first-order valence-electron chi connectivity index (χ1n) is 10.5. The lowest BCUT2D eigenvalue weighted by atomic mass is 9.88. The average molecular weight is 417 g/mol. The molecular weight excluding hydrogens is 388 g/mol. The molecule has 5 heteroatoms. The molecule has 3 rings (SSSR count). The van der Waals surface area contributed by atoms with E-state index in [2.05, 4.69) is 34.9 Å². The van der Waals surface area contributed by atoms with Crippen LogP contribution < -0.4 is 15.4 Å². The molecule has 2 amide bonds. The van der Waals surface area contributed by atoms with Crippen LogP contribution in [-0.2, 0) is 4.79 Å². The number of benzene rings is 3. The molecule has 0 aliphatic carbocycles. The molecule has 3 aromatic rings. The summed E-state index contributed by atoms with van der Waals surface area (Å²) in [5, 5.41) is 5.75. The topological polar surface area (TPSA) is 67.4 Å². The maximum atomic E-state index is 12.2. The van der Waals surface area contributed by atoms with Crippen LogP contribution in [0.5, 0.6) is 5.75 Å². The molecule has 31 heavy (non-hydrogen) atoms. The zero-order valence-electron chi connectivity index (χ0n) is 17.7. The van der Waals surface area contributed by atoms with Gasteiger partial charge in [0.1, 0.15) is 5.75 Å². The van der Waals surface area contributed by atoms with Crippen LogP contribution in [0.3, 0.4) is 0 Å². The van der Waals surface area contributed by atoms with Gasteiger partial charge in [0.2, 0.25) is 5.91 Å². The van der Waals surface area contributed by atoms with Crippen molar-refractivity contribution in [3.63, 3.8) is 0 Å². The number of hydrogen-bond donors (Lipinski definition) is 2. The van der Waals surface area contributed by atoms with E-state index >= 15 is 0 Å². The van der Waals surface area contributed by atoms with E-state index in [-0.39, 0.29) is 30.7 Å². The molecule has 0 aromatic heterocycles. The number of methoxy groups -OCH3 is 1. The van der Waals surface area contributed by atoms with Gasteiger partial charge in [-0.25, -0.2) is 0 Å². The minimum Gasteiger partial charge on any atom is -0.497 e. The second-order valence-corrected chi connectivity index (χ2v) is 7.25. The summed E-state index contributed by atoms with van der Waals surface area (Å²) in [5.74, 6) is 0.540. The van der Waals surface area contributed by atoms with Gasteiger partial charge in [-0.05, 0) is 35.7 Å². The van der Waals surface area contributed by atoms with Crippen LogP contribution in [0.2, 0.25) is 0 Å². The van der Waals surface area contributed by atoms with Crippen molar-refractivity contribution in [2.45, 2.75) is 18.8 Å². The molecule has 0 aliphatic rings. The fourth-order valence-electron chi connectivity index (χ4n) is 3.50. The van der Waals surface area contributed by atoms with Crippen LogP contribution >= 0.6 is 0 Å². The lowest BCUT2D eigenvalue weighted by Gasteiger charge is -2.18. The fraction of sp³-hybridized carbons (Fsp3) is 0.231. The molecule has 0 bridgehead atoms. The van der Waals surface area contributed by atoms with E-state index in [1.165, 1.54) is 11.1 Å². The van der Waals surface area contributed by atoms with Crippen molar-refractivity contribution in [1.82, 2.24) is 10.6 Å². The molecule has 0 unspecified atom stereocenters. The zero-order valence-corrected chi connectivity index (χ0v) is 17.7. The monoisotopic (exact) mass is 416 g/mol. The van der Waals surface area contributed by atoms with Crippen LogP contribution in [0.25, 0.3) is 0 Å². The van der Waals surface area contributed by atoms with Crippen LogP contribution in [0.1, 0.15) is 40.2 Å². The molecule has 160 valence electrons. The van der Waals surface area contributed by atoms with E-state index in [1.54, 1.807) is 31.4 Å². The van der Waals surface area contributed by atoms with Crippen molar-refractivity contribution in [3.8, 4) is 5.75 Å². The van der Waals surface area contributed by atoms with Crippen LogP contribution in [-0.4, -0.2) is 32.0 Å². The number of carbonyl (C=O) groups excluding carboxylic acids is 2. The first-order chi connectivity index (χ1) is 15.2. The highest BCUT2D eigenvalue weighted by Crippen LogP contribution is 2.27. The lowest BCUT2D eigenvalue weighted by molar-refractivity contribution is -0.120. The van der Waals surface area contributed by atoms with E-state index in [0.717, 1.165) is 6.42 Å². The number of nitrogens with one attached hydrogen (secondary N) is 2. The molecule has 0 saturated carbocycles. The summed E-state index contributed by atoms with van der Waals surface area (Å²) < 4.78 is 5.13. The van der Waals surface area contributed by atoms with E-state index < -0.39 is 0 Å². The van der Waals surface area contributed by atoms with Gasteiger partial charge < -0.3 is 15.4 Å². The summed E-state index contributed by atoms with van der Waals surface area (Å²) in [4.78, 5) is 24.4. The number of amides is 2. The maximum absolute atomic E-state index is 12.2. The Hall–Kier alpha value is -3.60. The predicted molar refractivity (Wildman–Crippen MR) is 122 cm³/mol. The van der Waals surface area contributed by atoms with E-state index in [1.807, 2.05) is 36.4 Å². The van der Waals surface area contributed by atoms with Gasteiger partial charge in [0, 0.05) is 31.0 Å². The van der Waals surface area contributed by atoms with Crippen LogP contribution in [0.15, 0.2) is 84.9 Å². The molecule has 5 nitrogen and oxygen atoms in total. The smallest absolute Gasteiger partial charge is 0.251 e. The lowest BCUT2D eigenvalue weighted by Crippen LogP contribution is -2.31. The summed E-state index contributed by atoms with van der Waals surface area (Å²) in [6, 6.07) is 27.6. The number of hydrogen-bond acceptors (Lipinski definition) is 3. The van der Waals surface area contributed by atoms with Crippen molar-refractivity contribution >= 4 is 11.8 Å². The van der Waals surface area contributed by atoms with Gasteiger partial charge in [0.15, 0.2) is 0 Å². The number of ether oxygens (including phenoxy) is 1. The zero-order chi connectivity index (χ0) is 21.9. The highest BCUT2D eigenvalue weighted by atomic mass is 16.5. The van der Waals surface area contributed by atoms with E-state index in [9.17, 15) is 9.59 Å². The molecule has 0 aliphatic heterocycles. The number of carbonyl (C=O) groups is 2. The largest absolute Gasteiger partial charge is 0.497 e. The molecule has 0 radical (unpaired) electrons. The van der Waals surface area contributed by atoms with E-state index in [0.29, 0.717) is 17.9 Å². The van der Waals surface area contributed by atoms with Crippen LogP contribution in [0, 0.1) is 0 Å². The van der Waals surface area contributed by atoms with Crippen molar-refractivity contribution in [1.29, 1.82) is 0 Å². The minimum absolute atomic E-state index is 0.0779. The van der Waals surface area contributed by atoms with Gasteiger partial charge in [-0.15, -0.1) is 0 Å². The third-order valence-corrected chi connectivity index (χ3v) is 5.13. The van der Waals surface area contributed by atoms with Crippen molar-refractivity contribution in [2.75, 3.05) is 20.2 Å². The average Bonchev–Trinajstić information content (AvgIpc) is 2.83. The fourth-order valence-corrected chi connectivity index (χ4v) is 3.50. The molecule has 2 N–H and O–H groups in total. The Morgan fingerprint density at radius 1 is 0.806 bits per heavy atom. The third kappa shape index (κ3) is 6.71. The van der Waals surface area contributed by atoms with Crippen molar-refractivity contribution in [3.05, 3.63) is 102 Å². The van der Waals surface area contributed by atoms with Gasteiger partial charge >= 0.3 is 0 Å². The first-order valence-corrected chi connectivity index (χ1v) is 10.5. The standard InChI is InChI=1S/C26H28N2O3/c1-31-23-14-8-13-22(19-23)26(30)28-18-16-25(29)27-17-15-24(20-9-4-2-5-10-20)21-11-6-3-7-12-21/h2-14,19,24H,15-18H2,1H3,(H,27,29)(H,28,30). The Labute approximate surface area is 183 Å². The Bertz CT molecular complexity index is 935. The van der Waals surface area contributed by atoms with Gasteiger partial charge in [-0.2, -0.15) is 0 Å². The van der Waals surface area contributed by atoms with Gasteiger partial charge in [0.05, 0.1) is 7.11 Å². The molecule has 0 atom stereocenters. The summed E-state index contributed by atoms with van der Waals surface area (Å²) >= 11 is 0. The molecule has 0 saturated heterocycles. The number of rotatable bonds is 10. The SMILES string of the molecule is COc1cccc(C(=O)NCCC(=O)NCCC(c2ccccc2)c2ccccc2)c1. The summed E-state index contributed by atoms with van der Waals surface area (Å²) in [5.41, 5.74) is 2.97. The second-order valence-electron chi connectivity index (χ2n) is 7.25. The van der Waals surface area contributed by atoms with Crippen molar-refractivity contribution < 1.29 is 14.3 Å². The minimum atomic E-state index is -0.222. The molecule has 0 fully saturated rings. The maximum Gasteiger partial charge on any atom is 0.251 e. The second kappa shape index (κ2) is 11.6. The summed E-state index contributed by atoms with van der Waals surface area (Å²) in [6.45, 7) is 0.847. The Balaban J connectivity index is 1.45. The quantitative estimate of drug-likeness (QED) is 0.522. The van der Waals surface area contributed by atoms with Gasteiger partial charge in [-0.1, -0.05) is 66.7 Å². The molecular formula is C26H28N2O3. The Morgan fingerprint density at radius 3 is 2.06 bits per heavy atom. The summed E-state index contributed by atoms with van der Waals surface area (Å²) in [6.07, 6.45) is 1.03. The van der Waals surface area contributed by atoms with Gasteiger partial charge in [0.25, 0.3) is 5.91 Å². The highest BCUT2D eigenvalue weighted by Gasteiger charge is 2.14. The molecule has 0 spiro atoms. The molecule has 3 aromatic carbocycles. The predicted octanol–water partition coefficient (Wildman–Crippen LogP) is 4.15. The first kappa shape index (κ1) is 22.1. The normalized spacial score (nSPS) is 10.5. The van der Waals surface area contributed by atoms with Crippen molar-refractivity contribution in [2.24, 2.45) is 0 Å². The summed E-state index contributed by atoms with van der Waals surface area (Å²) in [7, 11) is 1.56. The molecule has 0 heterocycles. The van der Waals surface area contributed by atoms with E-state index in [4.69, 9.17) is 4.74 Å². The van der Waals surface area contributed by atoms with Crippen LogP contribution in [0.4, 0.5) is 0 Å². The third-order valence-electron chi connectivity index (χ3n) is 5.13. The van der Waals surface area contributed by atoms with Gasteiger partial charge in [-0.3, -0.25) is 9.59 Å². The highest BCUT2D eigenvalue weighted by molar-refractivity contribution is 5.94.